The minimum atomic E-state index is -3.44. The molecule has 0 unspecified atom stereocenters. The van der Waals surface area contributed by atoms with Gasteiger partial charge in [-0.05, 0) is 32.7 Å². The van der Waals surface area contributed by atoms with Crippen LogP contribution < -0.4 is 15.2 Å². The molecule has 0 fully saturated rings. The molecule has 0 rings (SSSR count). The zero-order valence-electron chi connectivity index (χ0n) is 10.2. The minimum Gasteiger partial charge on any atom is -0.330 e. The van der Waals surface area contributed by atoms with Crippen LogP contribution in [0.5, 0.6) is 0 Å². The lowest BCUT2D eigenvalue weighted by Gasteiger charge is -2.25. The van der Waals surface area contributed by atoms with Crippen molar-refractivity contribution in [3.8, 4) is 0 Å². The monoisotopic (exact) mass is 237 g/mol. The van der Waals surface area contributed by atoms with Crippen LogP contribution in [0, 0.1) is 5.41 Å². The van der Waals surface area contributed by atoms with Gasteiger partial charge in [0.2, 0.25) is 0 Å². The number of hydrogen-bond donors (Lipinski definition) is 3. The van der Waals surface area contributed by atoms with Gasteiger partial charge < -0.3 is 5.73 Å². The smallest absolute Gasteiger partial charge is 0.277 e. The Balaban J connectivity index is 4.30. The molecule has 0 heterocycles. The zero-order chi connectivity index (χ0) is 12.3. The van der Waals surface area contributed by atoms with Crippen LogP contribution in [-0.4, -0.2) is 27.0 Å². The first kappa shape index (κ1) is 14.8. The van der Waals surface area contributed by atoms with Gasteiger partial charge in [0.05, 0.1) is 0 Å². The van der Waals surface area contributed by atoms with Gasteiger partial charge in [0.25, 0.3) is 10.2 Å². The second-order valence-corrected chi connectivity index (χ2v) is 7.04. The SMILES string of the molecule is CC(C)(CN)CNS(=O)(=O)NC(C)(C)C. The Bertz CT molecular complexity index is 291. The lowest BCUT2D eigenvalue weighted by atomic mass is 9.95. The van der Waals surface area contributed by atoms with Gasteiger partial charge in [-0.3, -0.25) is 0 Å². The summed E-state index contributed by atoms with van der Waals surface area (Å²) in [5.41, 5.74) is 4.80. The fourth-order valence-electron chi connectivity index (χ4n) is 0.802. The van der Waals surface area contributed by atoms with Crippen molar-refractivity contribution in [1.82, 2.24) is 9.44 Å². The van der Waals surface area contributed by atoms with Crippen molar-refractivity contribution in [2.75, 3.05) is 13.1 Å². The van der Waals surface area contributed by atoms with Gasteiger partial charge in [-0.2, -0.15) is 13.1 Å². The Labute approximate surface area is 93.0 Å². The number of rotatable bonds is 5. The molecule has 6 heteroatoms. The standard InChI is InChI=1S/C9H23N3O2S/c1-8(2,3)12-15(13,14)11-7-9(4,5)6-10/h11-12H,6-7,10H2,1-5H3. The zero-order valence-corrected chi connectivity index (χ0v) is 11.0. The number of nitrogens with two attached hydrogens (primary N) is 1. The van der Waals surface area contributed by atoms with Crippen molar-refractivity contribution in [1.29, 1.82) is 0 Å². The van der Waals surface area contributed by atoms with E-state index >= 15 is 0 Å². The molecule has 0 atom stereocenters. The molecule has 0 aromatic rings. The van der Waals surface area contributed by atoms with E-state index in [0.29, 0.717) is 13.1 Å². The largest absolute Gasteiger partial charge is 0.330 e. The van der Waals surface area contributed by atoms with Crippen molar-refractivity contribution in [2.24, 2.45) is 11.1 Å². The van der Waals surface area contributed by atoms with Gasteiger partial charge in [-0.15, -0.1) is 0 Å². The third kappa shape index (κ3) is 7.72. The first-order valence-electron chi connectivity index (χ1n) is 4.96. The first-order valence-corrected chi connectivity index (χ1v) is 6.44. The average molecular weight is 237 g/mol. The fraction of sp³-hybridized carbons (Fsp3) is 1.00. The van der Waals surface area contributed by atoms with E-state index in [1.165, 1.54) is 0 Å². The lowest BCUT2D eigenvalue weighted by molar-refractivity contribution is 0.372. The molecule has 15 heavy (non-hydrogen) atoms. The predicted molar refractivity (Wildman–Crippen MR) is 62.6 cm³/mol. The summed E-state index contributed by atoms with van der Waals surface area (Å²) in [6, 6.07) is 0. The summed E-state index contributed by atoms with van der Waals surface area (Å²) >= 11 is 0. The lowest BCUT2D eigenvalue weighted by Crippen LogP contribution is -2.49. The van der Waals surface area contributed by atoms with Gasteiger partial charge >= 0.3 is 0 Å². The Morgan fingerprint density at radius 2 is 1.60 bits per heavy atom. The number of nitrogens with one attached hydrogen (secondary N) is 2. The summed E-state index contributed by atoms with van der Waals surface area (Å²) in [6.07, 6.45) is 0. The molecular formula is C9H23N3O2S. The maximum absolute atomic E-state index is 11.5. The van der Waals surface area contributed by atoms with Crippen molar-refractivity contribution in [2.45, 2.75) is 40.2 Å². The molecule has 0 aromatic carbocycles. The maximum atomic E-state index is 11.5. The fourth-order valence-corrected chi connectivity index (χ4v) is 2.26. The number of hydrogen-bond acceptors (Lipinski definition) is 3. The van der Waals surface area contributed by atoms with Gasteiger partial charge in [0.15, 0.2) is 0 Å². The highest BCUT2D eigenvalue weighted by molar-refractivity contribution is 7.87. The van der Waals surface area contributed by atoms with Crippen LogP contribution in [0.4, 0.5) is 0 Å². The van der Waals surface area contributed by atoms with Crippen LogP contribution in [0.15, 0.2) is 0 Å². The van der Waals surface area contributed by atoms with E-state index < -0.39 is 15.7 Å². The molecule has 0 aromatic heterocycles. The molecule has 92 valence electrons. The van der Waals surface area contributed by atoms with E-state index in [-0.39, 0.29) is 5.41 Å². The molecule has 0 aliphatic rings. The molecule has 0 amide bonds. The Morgan fingerprint density at radius 1 is 1.13 bits per heavy atom. The Kier molecular flexibility index (Phi) is 4.72. The summed E-state index contributed by atoms with van der Waals surface area (Å²) in [5.74, 6) is 0. The summed E-state index contributed by atoms with van der Waals surface area (Å²) in [5, 5.41) is 0. The van der Waals surface area contributed by atoms with E-state index in [1.54, 1.807) is 20.8 Å². The molecule has 0 spiro atoms. The third-order valence-corrected chi connectivity index (χ3v) is 3.14. The molecule has 0 radical (unpaired) electrons. The molecule has 4 N–H and O–H groups in total. The van der Waals surface area contributed by atoms with E-state index in [0.717, 1.165) is 0 Å². The van der Waals surface area contributed by atoms with Crippen molar-refractivity contribution < 1.29 is 8.42 Å². The van der Waals surface area contributed by atoms with Gasteiger partial charge in [-0.25, -0.2) is 4.72 Å². The van der Waals surface area contributed by atoms with Gasteiger partial charge in [0, 0.05) is 12.1 Å². The second kappa shape index (κ2) is 4.78. The van der Waals surface area contributed by atoms with E-state index in [9.17, 15) is 8.42 Å². The van der Waals surface area contributed by atoms with Crippen molar-refractivity contribution >= 4 is 10.2 Å². The molecule has 5 nitrogen and oxygen atoms in total. The normalized spacial score (nSPS) is 14.3. The van der Waals surface area contributed by atoms with Crippen molar-refractivity contribution in [3.63, 3.8) is 0 Å². The van der Waals surface area contributed by atoms with Crippen LogP contribution in [0.3, 0.4) is 0 Å². The summed E-state index contributed by atoms with van der Waals surface area (Å²) < 4.78 is 28.1. The van der Waals surface area contributed by atoms with Crippen LogP contribution in [-0.2, 0) is 10.2 Å². The summed E-state index contributed by atoms with van der Waals surface area (Å²) in [4.78, 5) is 0. The van der Waals surface area contributed by atoms with Gasteiger partial charge in [-0.1, -0.05) is 13.8 Å². The quantitative estimate of drug-likeness (QED) is 0.638. The third-order valence-electron chi connectivity index (χ3n) is 1.73. The highest BCUT2D eigenvalue weighted by Crippen LogP contribution is 2.10. The highest BCUT2D eigenvalue weighted by atomic mass is 32.2. The minimum absolute atomic E-state index is 0.230. The summed E-state index contributed by atoms with van der Waals surface area (Å²) in [6.45, 7) is 9.96. The van der Waals surface area contributed by atoms with E-state index in [4.69, 9.17) is 5.73 Å². The van der Waals surface area contributed by atoms with Crippen LogP contribution in [0.2, 0.25) is 0 Å². The van der Waals surface area contributed by atoms with Crippen molar-refractivity contribution in [3.05, 3.63) is 0 Å². The second-order valence-electron chi connectivity index (χ2n) is 5.54. The Morgan fingerprint density at radius 3 is 1.93 bits per heavy atom. The van der Waals surface area contributed by atoms with Crippen LogP contribution >= 0.6 is 0 Å². The molecule has 0 aliphatic heterocycles. The average Bonchev–Trinajstić information content (AvgIpc) is 1.97. The highest BCUT2D eigenvalue weighted by Gasteiger charge is 2.23. The first-order chi connectivity index (χ1) is 6.47. The molecule has 0 saturated carbocycles. The van der Waals surface area contributed by atoms with E-state index in [2.05, 4.69) is 9.44 Å². The molecular weight excluding hydrogens is 214 g/mol. The maximum Gasteiger partial charge on any atom is 0.277 e. The Hall–Kier alpha value is -0.170. The topological polar surface area (TPSA) is 84.2 Å². The molecule has 0 aliphatic carbocycles. The molecule has 0 bridgehead atoms. The van der Waals surface area contributed by atoms with Gasteiger partial charge in [0.1, 0.15) is 0 Å². The van der Waals surface area contributed by atoms with Crippen LogP contribution in [0.25, 0.3) is 0 Å². The summed E-state index contributed by atoms with van der Waals surface area (Å²) in [7, 11) is -3.44. The van der Waals surface area contributed by atoms with E-state index in [1.807, 2.05) is 13.8 Å². The predicted octanol–water partition coefficient (Wildman–Crippen LogP) is 0.194. The molecule has 0 saturated heterocycles. The van der Waals surface area contributed by atoms with Crippen LogP contribution in [0.1, 0.15) is 34.6 Å².